The Morgan fingerprint density at radius 3 is 2.74 bits per heavy atom. The molecular weight excluding hydrogens is 258 g/mol. The minimum Gasteiger partial charge on any atom is -0.371 e. The third kappa shape index (κ3) is 2.78. The number of anilines is 1. The summed E-state index contributed by atoms with van der Waals surface area (Å²) in [5.41, 5.74) is 1.29. The lowest BCUT2D eigenvalue weighted by Crippen LogP contribution is -2.42. The second kappa shape index (κ2) is 5.77. The van der Waals surface area contributed by atoms with E-state index in [0.29, 0.717) is 12.2 Å². The zero-order valence-corrected chi connectivity index (χ0v) is 12.6. The number of hydrogen-bond acceptors (Lipinski definition) is 5. The number of thiazole rings is 1. The van der Waals surface area contributed by atoms with Crippen LogP contribution >= 0.6 is 11.3 Å². The Balaban J connectivity index is 1.78. The van der Waals surface area contributed by atoms with Crippen LogP contribution in [0.5, 0.6) is 0 Å². The van der Waals surface area contributed by atoms with Gasteiger partial charge in [0.25, 0.3) is 0 Å². The highest BCUT2D eigenvalue weighted by Gasteiger charge is 2.35. The number of fused-ring (bicyclic) bond motifs is 2. The first-order valence-corrected chi connectivity index (χ1v) is 8.15. The lowest BCUT2D eigenvalue weighted by atomic mass is 10.2. The van der Waals surface area contributed by atoms with Gasteiger partial charge in [0.05, 0.1) is 17.9 Å². The Labute approximate surface area is 119 Å². The molecule has 0 radical (unpaired) electrons. The van der Waals surface area contributed by atoms with Crippen molar-refractivity contribution in [1.29, 1.82) is 0 Å². The van der Waals surface area contributed by atoms with Crippen LogP contribution in [-0.2, 0) is 17.7 Å². The molecule has 4 nitrogen and oxygen atoms in total. The Morgan fingerprint density at radius 2 is 2.11 bits per heavy atom. The van der Waals surface area contributed by atoms with Gasteiger partial charge in [0.15, 0.2) is 5.13 Å². The summed E-state index contributed by atoms with van der Waals surface area (Å²) in [6.07, 6.45) is 5.56. The van der Waals surface area contributed by atoms with Crippen LogP contribution in [0.15, 0.2) is 0 Å². The van der Waals surface area contributed by atoms with E-state index in [2.05, 4.69) is 17.1 Å². The average Bonchev–Trinajstić information content (AvgIpc) is 2.95. The van der Waals surface area contributed by atoms with Crippen molar-refractivity contribution in [2.45, 2.75) is 51.4 Å². The molecule has 2 atom stereocenters. The largest absolute Gasteiger partial charge is 0.371 e. The summed E-state index contributed by atoms with van der Waals surface area (Å²) in [7, 11) is 2.00. The van der Waals surface area contributed by atoms with Crippen LogP contribution in [0.4, 0.5) is 5.13 Å². The summed E-state index contributed by atoms with van der Waals surface area (Å²) in [4.78, 5) is 8.73. The predicted octanol–water partition coefficient (Wildman–Crippen LogP) is 2.18. The molecule has 2 fully saturated rings. The van der Waals surface area contributed by atoms with E-state index in [-0.39, 0.29) is 0 Å². The second-order valence-electron chi connectivity index (χ2n) is 5.51. The smallest absolute Gasteiger partial charge is 0.186 e. The quantitative estimate of drug-likeness (QED) is 0.897. The van der Waals surface area contributed by atoms with Gasteiger partial charge in [0, 0.05) is 24.5 Å². The molecule has 5 heteroatoms. The molecule has 3 rings (SSSR count). The maximum atomic E-state index is 5.90. The highest BCUT2D eigenvalue weighted by atomic mass is 32.1. The van der Waals surface area contributed by atoms with Crippen LogP contribution in [0.2, 0.25) is 0 Å². The summed E-state index contributed by atoms with van der Waals surface area (Å²) in [5.74, 6) is 0. The molecule has 0 spiro atoms. The normalized spacial score (nSPS) is 26.1. The van der Waals surface area contributed by atoms with Gasteiger partial charge in [-0.25, -0.2) is 4.98 Å². The summed E-state index contributed by atoms with van der Waals surface area (Å²) in [6.45, 7) is 5.20. The van der Waals surface area contributed by atoms with Crippen LogP contribution < -0.4 is 10.2 Å². The summed E-state index contributed by atoms with van der Waals surface area (Å²) in [5, 5.41) is 4.46. The van der Waals surface area contributed by atoms with Crippen molar-refractivity contribution in [3.05, 3.63) is 10.6 Å². The van der Waals surface area contributed by atoms with Crippen LogP contribution in [-0.4, -0.2) is 37.3 Å². The molecule has 2 aliphatic rings. The molecule has 1 aromatic heterocycles. The van der Waals surface area contributed by atoms with Crippen LogP contribution in [0.3, 0.4) is 0 Å². The number of aryl methyl sites for hydroxylation is 1. The molecule has 0 saturated carbocycles. The first-order chi connectivity index (χ1) is 9.30. The molecule has 1 N–H and O–H groups in total. The van der Waals surface area contributed by atoms with Gasteiger partial charge in [-0.2, -0.15) is 0 Å². The molecule has 0 aliphatic carbocycles. The van der Waals surface area contributed by atoms with Gasteiger partial charge in [-0.15, -0.1) is 11.3 Å². The Morgan fingerprint density at radius 1 is 1.37 bits per heavy atom. The van der Waals surface area contributed by atoms with Crippen molar-refractivity contribution in [3.8, 4) is 0 Å². The Bertz CT molecular complexity index is 399. The van der Waals surface area contributed by atoms with Gasteiger partial charge in [0.2, 0.25) is 0 Å². The van der Waals surface area contributed by atoms with E-state index in [4.69, 9.17) is 9.72 Å². The fourth-order valence-corrected chi connectivity index (χ4v) is 4.14. The highest BCUT2D eigenvalue weighted by Crippen LogP contribution is 2.33. The van der Waals surface area contributed by atoms with Crippen molar-refractivity contribution in [2.24, 2.45) is 0 Å². The zero-order chi connectivity index (χ0) is 13.2. The summed E-state index contributed by atoms with van der Waals surface area (Å²) in [6, 6.07) is 0. The predicted molar refractivity (Wildman–Crippen MR) is 79.0 cm³/mol. The monoisotopic (exact) mass is 281 g/mol. The molecular formula is C14H23N3OS. The highest BCUT2D eigenvalue weighted by molar-refractivity contribution is 7.15. The van der Waals surface area contributed by atoms with Crippen molar-refractivity contribution >= 4 is 16.5 Å². The van der Waals surface area contributed by atoms with Gasteiger partial charge < -0.3 is 15.0 Å². The molecule has 106 valence electrons. The lowest BCUT2D eigenvalue weighted by Gasteiger charge is -2.31. The SMILES string of the molecule is CCCc1nc(N2CC3CCC(C2)O3)sc1CNC. The van der Waals surface area contributed by atoms with Crippen molar-refractivity contribution in [1.82, 2.24) is 10.3 Å². The molecule has 2 saturated heterocycles. The number of nitrogens with one attached hydrogen (secondary N) is 1. The summed E-state index contributed by atoms with van der Waals surface area (Å²) >= 11 is 1.86. The minimum atomic E-state index is 0.435. The van der Waals surface area contributed by atoms with E-state index in [1.807, 2.05) is 18.4 Å². The van der Waals surface area contributed by atoms with Crippen molar-refractivity contribution in [3.63, 3.8) is 0 Å². The number of ether oxygens (including phenoxy) is 1. The summed E-state index contributed by atoms with van der Waals surface area (Å²) < 4.78 is 5.90. The maximum absolute atomic E-state index is 5.90. The molecule has 3 heterocycles. The van der Waals surface area contributed by atoms with E-state index in [1.165, 1.54) is 28.5 Å². The molecule has 0 amide bonds. The minimum absolute atomic E-state index is 0.435. The van der Waals surface area contributed by atoms with Crippen molar-refractivity contribution in [2.75, 3.05) is 25.0 Å². The number of morpholine rings is 1. The topological polar surface area (TPSA) is 37.4 Å². The fraction of sp³-hybridized carbons (Fsp3) is 0.786. The van der Waals surface area contributed by atoms with Crippen LogP contribution in [0, 0.1) is 0 Å². The fourth-order valence-electron chi connectivity index (χ4n) is 3.01. The lowest BCUT2D eigenvalue weighted by molar-refractivity contribution is 0.0305. The first kappa shape index (κ1) is 13.3. The van der Waals surface area contributed by atoms with E-state index in [0.717, 1.165) is 32.5 Å². The standard InChI is InChI=1S/C14H23N3OS/c1-3-4-12-13(7-15-2)19-14(16-12)17-8-10-5-6-11(9-17)18-10/h10-11,15H,3-9H2,1-2H3. The van der Waals surface area contributed by atoms with E-state index in [9.17, 15) is 0 Å². The molecule has 19 heavy (non-hydrogen) atoms. The van der Waals surface area contributed by atoms with Gasteiger partial charge in [-0.1, -0.05) is 13.3 Å². The molecule has 2 aliphatic heterocycles. The molecule has 2 bridgehead atoms. The number of hydrogen-bond donors (Lipinski definition) is 1. The van der Waals surface area contributed by atoms with Gasteiger partial charge in [0.1, 0.15) is 0 Å². The van der Waals surface area contributed by atoms with E-state index < -0.39 is 0 Å². The Hall–Kier alpha value is -0.650. The number of rotatable bonds is 5. The van der Waals surface area contributed by atoms with Crippen LogP contribution in [0.1, 0.15) is 36.8 Å². The molecule has 2 unspecified atom stereocenters. The Kier molecular flexibility index (Phi) is 4.05. The van der Waals surface area contributed by atoms with E-state index in [1.54, 1.807) is 0 Å². The second-order valence-corrected chi connectivity index (χ2v) is 6.57. The maximum Gasteiger partial charge on any atom is 0.186 e. The average molecular weight is 281 g/mol. The van der Waals surface area contributed by atoms with Gasteiger partial charge in [-0.05, 0) is 26.3 Å². The molecule has 1 aromatic rings. The first-order valence-electron chi connectivity index (χ1n) is 7.33. The third-order valence-electron chi connectivity index (χ3n) is 3.91. The van der Waals surface area contributed by atoms with Crippen molar-refractivity contribution < 1.29 is 4.74 Å². The number of aromatic nitrogens is 1. The third-order valence-corrected chi connectivity index (χ3v) is 5.06. The molecule has 0 aromatic carbocycles. The van der Waals surface area contributed by atoms with Crippen LogP contribution in [0.25, 0.3) is 0 Å². The van der Waals surface area contributed by atoms with E-state index >= 15 is 0 Å². The van der Waals surface area contributed by atoms with Gasteiger partial charge >= 0.3 is 0 Å². The number of nitrogens with zero attached hydrogens (tertiary/aromatic N) is 2. The van der Waals surface area contributed by atoms with Gasteiger partial charge in [-0.3, -0.25) is 0 Å². The zero-order valence-electron chi connectivity index (χ0n) is 11.8.